The highest BCUT2D eigenvalue weighted by Gasteiger charge is 2.45. The summed E-state index contributed by atoms with van der Waals surface area (Å²) in [6.45, 7) is 1.64. The third kappa shape index (κ3) is 2.64. The predicted octanol–water partition coefficient (Wildman–Crippen LogP) is 3.68. The van der Waals surface area contributed by atoms with Crippen LogP contribution in [0.5, 0.6) is 0 Å². The average Bonchev–Trinajstić information content (AvgIpc) is 2.63. The number of fused-ring (bicyclic) bond motifs is 2. The van der Waals surface area contributed by atoms with Crippen molar-refractivity contribution in [1.29, 1.82) is 0 Å². The lowest BCUT2D eigenvalue weighted by atomic mass is 10.1. The van der Waals surface area contributed by atoms with Crippen molar-refractivity contribution in [2.24, 2.45) is 0 Å². The first-order chi connectivity index (χ1) is 12.1. The van der Waals surface area contributed by atoms with Crippen molar-refractivity contribution >= 4 is 45.9 Å². The molecule has 1 unspecified atom stereocenters. The van der Waals surface area contributed by atoms with Gasteiger partial charge in [0.2, 0.25) is 11.8 Å². The van der Waals surface area contributed by atoms with Crippen LogP contribution in [0, 0.1) is 0 Å². The van der Waals surface area contributed by atoms with Crippen LogP contribution in [0.25, 0.3) is 10.9 Å². The number of pyridine rings is 1. The van der Waals surface area contributed by atoms with E-state index in [1.807, 2.05) is 48.5 Å². The van der Waals surface area contributed by atoms with Crippen LogP contribution in [0.3, 0.4) is 0 Å². The SMILES string of the molecule is CC1(C(=O)Nc2cccc3cccnc23)Sc2ccccc2NC1=O. The summed E-state index contributed by atoms with van der Waals surface area (Å²) >= 11 is 1.26. The molecule has 2 N–H and O–H groups in total. The highest BCUT2D eigenvalue weighted by Crippen LogP contribution is 2.42. The van der Waals surface area contributed by atoms with Gasteiger partial charge in [0.15, 0.2) is 4.75 Å². The Bertz CT molecular complexity index is 999. The van der Waals surface area contributed by atoms with Crippen LogP contribution in [-0.2, 0) is 9.59 Å². The maximum atomic E-state index is 12.9. The molecule has 2 amide bonds. The first kappa shape index (κ1) is 15.7. The van der Waals surface area contributed by atoms with Gasteiger partial charge in [0.25, 0.3) is 0 Å². The summed E-state index contributed by atoms with van der Waals surface area (Å²) in [6, 6.07) is 16.8. The van der Waals surface area contributed by atoms with E-state index < -0.39 is 4.75 Å². The number of hydrogen-bond acceptors (Lipinski definition) is 4. The minimum Gasteiger partial charge on any atom is -0.323 e. The molecule has 1 aliphatic heterocycles. The van der Waals surface area contributed by atoms with E-state index in [1.54, 1.807) is 19.2 Å². The number of carbonyl (C=O) groups is 2. The normalized spacial score (nSPS) is 19.2. The Kier molecular flexibility index (Phi) is 3.69. The van der Waals surface area contributed by atoms with Gasteiger partial charge in [0.1, 0.15) is 0 Å². The Balaban J connectivity index is 1.67. The summed E-state index contributed by atoms with van der Waals surface area (Å²) in [5, 5.41) is 6.62. The van der Waals surface area contributed by atoms with Gasteiger partial charge in [-0.3, -0.25) is 14.6 Å². The van der Waals surface area contributed by atoms with E-state index in [4.69, 9.17) is 0 Å². The molecule has 1 aromatic heterocycles. The highest BCUT2D eigenvalue weighted by molar-refractivity contribution is 8.02. The second-order valence-electron chi connectivity index (χ2n) is 5.92. The van der Waals surface area contributed by atoms with Gasteiger partial charge in [-0.05, 0) is 31.2 Å². The molecule has 124 valence electrons. The fourth-order valence-corrected chi connectivity index (χ4v) is 3.87. The van der Waals surface area contributed by atoms with E-state index in [2.05, 4.69) is 15.6 Å². The molecule has 2 heterocycles. The molecule has 3 aromatic rings. The zero-order valence-corrected chi connectivity index (χ0v) is 14.3. The van der Waals surface area contributed by atoms with Gasteiger partial charge in [-0.1, -0.05) is 42.1 Å². The van der Waals surface area contributed by atoms with Gasteiger partial charge in [-0.2, -0.15) is 0 Å². The molecule has 1 aliphatic rings. The van der Waals surface area contributed by atoms with E-state index >= 15 is 0 Å². The molecular formula is C19H15N3O2S. The minimum absolute atomic E-state index is 0.332. The summed E-state index contributed by atoms with van der Waals surface area (Å²) in [7, 11) is 0. The van der Waals surface area contributed by atoms with E-state index in [1.165, 1.54) is 11.8 Å². The van der Waals surface area contributed by atoms with Crippen LogP contribution in [-0.4, -0.2) is 21.5 Å². The second kappa shape index (κ2) is 5.89. The molecular weight excluding hydrogens is 334 g/mol. The van der Waals surface area contributed by atoms with Crippen molar-refractivity contribution < 1.29 is 9.59 Å². The molecule has 0 saturated carbocycles. The Labute approximate surface area is 148 Å². The van der Waals surface area contributed by atoms with E-state index in [0.29, 0.717) is 11.2 Å². The third-order valence-electron chi connectivity index (χ3n) is 4.20. The maximum Gasteiger partial charge on any atom is 0.250 e. The maximum absolute atomic E-state index is 12.9. The number of carbonyl (C=O) groups excluding carboxylic acids is 2. The van der Waals surface area contributed by atoms with Gasteiger partial charge in [-0.15, -0.1) is 0 Å². The van der Waals surface area contributed by atoms with Crippen LogP contribution >= 0.6 is 11.8 Å². The quantitative estimate of drug-likeness (QED) is 0.693. The summed E-state index contributed by atoms with van der Waals surface area (Å²) in [5.74, 6) is -0.704. The Morgan fingerprint density at radius 3 is 2.80 bits per heavy atom. The third-order valence-corrected chi connectivity index (χ3v) is 5.55. The number of aromatic nitrogens is 1. The number of anilines is 2. The summed E-state index contributed by atoms with van der Waals surface area (Å²) in [4.78, 5) is 30.7. The number of nitrogens with zero attached hydrogens (tertiary/aromatic N) is 1. The van der Waals surface area contributed by atoms with E-state index in [9.17, 15) is 9.59 Å². The topological polar surface area (TPSA) is 71.1 Å². The number of nitrogens with one attached hydrogen (secondary N) is 2. The summed E-state index contributed by atoms with van der Waals surface area (Å²) in [5.41, 5.74) is 2.02. The number of benzene rings is 2. The summed E-state index contributed by atoms with van der Waals surface area (Å²) < 4.78 is -1.26. The van der Waals surface area contributed by atoms with Gasteiger partial charge < -0.3 is 10.6 Å². The lowest BCUT2D eigenvalue weighted by Crippen LogP contribution is -2.49. The fraction of sp³-hybridized carbons (Fsp3) is 0.105. The first-order valence-corrected chi connectivity index (χ1v) is 8.64. The van der Waals surface area contributed by atoms with Crippen molar-refractivity contribution in [3.8, 4) is 0 Å². The molecule has 0 spiro atoms. The molecule has 6 heteroatoms. The molecule has 0 saturated heterocycles. The molecule has 25 heavy (non-hydrogen) atoms. The molecule has 1 atom stereocenters. The van der Waals surface area contributed by atoms with Crippen molar-refractivity contribution in [2.75, 3.05) is 10.6 Å². The number of para-hydroxylation sites is 2. The van der Waals surface area contributed by atoms with Crippen LogP contribution < -0.4 is 10.6 Å². The van der Waals surface area contributed by atoms with Gasteiger partial charge in [0, 0.05) is 16.5 Å². The highest BCUT2D eigenvalue weighted by atomic mass is 32.2. The molecule has 4 rings (SSSR count). The Hall–Kier alpha value is -2.86. The lowest BCUT2D eigenvalue weighted by molar-refractivity contribution is -0.126. The van der Waals surface area contributed by atoms with Crippen molar-refractivity contribution in [1.82, 2.24) is 4.98 Å². The van der Waals surface area contributed by atoms with Crippen molar-refractivity contribution in [3.05, 3.63) is 60.8 Å². The number of rotatable bonds is 2. The van der Waals surface area contributed by atoms with Crippen LogP contribution in [0.1, 0.15) is 6.92 Å². The zero-order valence-electron chi connectivity index (χ0n) is 13.4. The molecule has 0 aliphatic carbocycles. The average molecular weight is 349 g/mol. The first-order valence-electron chi connectivity index (χ1n) is 7.83. The molecule has 0 bridgehead atoms. The molecule has 0 radical (unpaired) electrons. The smallest absolute Gasteiger partial charge is 0.250 e. The Morgan fingerprint density at radius 2 is 1.92 bits per heavy atom. The van der Waals surface area contributed by atoms with Crippen LogP contribution in [0.4, 0.5) is 11.4 Å². The largest absolute Gasteiger partial charge is 0.323 e. The number of hydrogen-bond donors (Lipinski definition) is 2. The minimum atomic E-state index is -1.26. The van der Waals surface area contributed by atoms with Gasteiger partial charge >= 0.3 is 0 Å². The second-order valence-corrected chi connectivity index (χ2v) is 7.38. The van der Waals surface area contributed by atoms with Crippen molar-refractivity contribution in [2.45, 2.75) is 16.6 Å². The van der Waals surface area contributed by atoms with Gasteiger partial charge in [-0.25, -0.2) is 0 Å². The fourth-order valence-electron chi connectivity index (χ4n) is 2.76. The molecule has 0 fully saturated rings. The van der Waals surface area contributed by atoms with Crippen LogP contribution in [0.2, 0.25) is 0 Å². The zero-order chi connectivity index (χ0) is 17.4. The standard InChI is InChI=1S/C19H15N3O2S/c1-19(17(23)21-13-8-2-3-10-15(13)25-19)18(24)22-14-9-4-6-12-7-5-11-20-16(12)14/h2-11H,1H3,(H,21,23)(H,22,24). The van der Waals surface area contributed by atoms with Crippen molar-refractivity contribution in [3.63, 3.8) is 0 Å². The van der Waals surface area contributed by atoms with Crippen LogP contribution in [0.15, 0.2) is 65.7 Å². The lowest BCUT2D eigenvalue weighted by Gasteiger charge is -2.31. The molecule has 5 nitrogen and oxygen atoms in total. The predicted molar refractivity (Wildman–Crippen MR) is 99.7 cm³/mol. The monoisotopic (exact) mass is 349 g/mol. The van der Waals surface area contributed by atoms with E-state index in [-0.39, 0.29) is 11.8 Å². The number of amides is 2. The molecule has 2 aromatic carbocycles. The van der Waals surface area contributed by atoms with Gasteiger partial charge in [0.05, 0.1) is 16.9 Å². The number of thioether (sulfide) groups is 1. The summed E-state index contributed by atoms with van der Waals surface area (Å²) in [6.07, 6.45) is 1.68. The Morgan fingerprint density at radius 1 is 1.12 bits per heavy atom. The van der Waals surface area contributed by atoms with E-state index in [0.717, 1.165) is 16.0 Å².